The Labute approximate surface area is 122 Å². The van der Waals surface area contributed by atoms with Crippen LogP contribution in [-0.2, 0) is 0 Å². The molecule has 2 aromatic heterocycles. The fraction of sp³-hybridized carbons (Fsp3) is 0.133. The van der Waals surface area contributed by atoms with Gasteiger partial charge in [-0.15, -0.1) is 0 Å². The number of anilines is 3. The third-order valence-electron chi connectivity index (χ3n) is 3.21. The van der Waals surface area contributed by atoms with Crippen molar-refractivity contribution >= 4 is 28.4 Å². The number of nitrogens with one attached hydrogen (secondary N) is 2. The molecule has 6 nitrogen and oxygen atoms in total. The first-order valence-electron chi connectivity index (χ1n) is 6.61. The van der Waals surface area contributed by atoms with Gasteiger partial charge in [-0.1, -0.05) is 18.2 Å². The van der Waals surface area contributed by atoms with Crippen LogP contribution in [0.4, 0.5) is 17.5 Å². The highest BCUT2D eigenvalue weighted by Crippen LogP contribution is 2.26. The number of rotatable bonds is 3. The quantitative estimate of drug-likeness (QED) is 0.505. The molecule has 0 atom stereocenters. The third-order valence-corrected chi connectivity index (χ3v) is 3.21. The van der Waals surface area contributed by atoms with Crippen molar-refractivity contribution in [2.24, 2.45) is 5.84 Å². The zero-order valence-corrected chi connectivity index (χ0v) is 11.9. The topological polar surface area (TPSA) is 88.8 Å². The van der Waals surface area contributed by atoms with Crippen LogP contribution in [0.2, 0.25) is 0 Å². The highest BCUT2D eigenvalue weighted by molar-refractivity contribution is 5.92. The fourth-order valence-corrected chi connectivity index (χ4v) is 2.11. The Morgan fingerprint density at radius 3 is 2.71 bits per heavy atom. The monoisotopic (exact) mass is 280 g/mol. The SMILES string of the molecule is Cc1ccc2cccc(Nc3nc(NN)ncc3C)c2n1. The van der Waals surface area contributed by atoms with Crippen LogP contribution < -0.4 is 16.6 Å². The summed E-state index contributed by atoms with van der Waals surface area (Å²) < 4.78 is 0. The number of para-hydroxylation sites is 1. The Morgan fingerprint density at radius 2 is 1.90 bits per heavy atom. The molecule has 1 aromatic carbocycles. The van der Waals surface area contributed by atoms with Gasteiger partial charge in [0.1, 0.15) is 5.82 Å². The van der Waals surface area contributed by atoms with Gasteiger partial charge in [0.2, 0.25) is 5.95 Å². The predicted octanol–water partition coefficient (Wildman–Crippen LogP) is 2.67. The maximum Gasteiger partial charge on any atom is 0.239 e. The number of benzene rings is 1. The smallest absolute Gasteiger partial charge is 0.239 e. The van der Waals surface area contributed by atoms with Gasteiger partial charge in [-0.25, -0.2) is 10.8 Å². The number of fused-ring (bicyclic) bond motifs is 1. The first-order valence-corrected chi connectivity index (χ1v) is 6.61. The molecule has 0 amide bonds. The van der Waals surface area contributed by atoms with E-state index >= 15 is 0 Å². The highest BCUT2D eigenvalue weighted by Gasteiger charge is 2.07. The molecule has 0 spiro atoms. The average molecular weight is 280 g/mol. The molecule has 6 heteroatoms. The zero-order chi connectivity index (χ0) is 14.8. The van der Waals surface area contributed by atoms with Crippen LogP contribution in [0, 0.1) is 13.8 Å². The normalized spacial score (nSPS) is 10.6. The molecule has 2 heterocycles. The van der Waals surface area contributed by atoms with Gasteiger partial charge in [-0.05, 0) is 26.0 Å². The van der Waals surface area contributed by atoms with Crippen molar-refractivity contribution in [3.05, 3.63) is 47.8 Å². The van der Waals surface area contributed by atoms with E-state index in [0.29, 0.717) is 11.8 Å². The Kier molecular flexibility index (Phi) is 3.37. The Morgan fingerprint density at radius 1 is 1.05 bits per heavy atom. The maximum atomic E-state index is 5.36. The van der Waals surface area contributed by atoms with Gasteiger partial charge in [0.15, 0.2) is 0 Å². The van der Waals surface area contributed by atoms with Crippen LogP contribution in [-0.4, -0.2) is 15.0 Å². The first-order chi connectivity index (χ1) is 10.2. The van der Waals surface area contributed by atoms with Crippen molar-refractivity contribution in [2.75, 3.05) is 10.7 Å². The van der Waals surface area contributed by atoms with E-state index in [1.54, 1.807) is 6.20 Å². The molecule has 0 bridgehead atoms. The van der Waals surface area contributed by atoms with E-state index in [1.807, 2.05) is 38.1 Å². The van der Waals surface area contributed by atoms with E-state index in [0.717, 1.165) is 27.8 Å². The van der Waals surface area contributed by atoms with Crippen LogP contribution in [0.1, 0.15) is 11.3 Å². The number of hydrogen-bond donors (Lipinski definition) is 3. The lowest BCUT2D eigenvalue weighted by Gasteiger charge is -2.11. The average Bonchev–Trinajstić information content (AvgIpc) is 2.50. The predicted molar refractivity (Wildman–Crippen MR) is 84.3 cm³/mol. The molecule has 0 saturated carbocycles. The molecule has 0 aliphatic rings. The summed E-state index contributed by atoms with van der Waals surface area (Å²) in [6.45, 7) is 3.91. The van der Waals surface area contributed by atoms with Crippen molar-refractivity contribution in [1.82, 2.24) is 15.0 Å². The van der Waals surface area contributed by atoms with Gasteiger partial charge >= 0.3 is 0 Å². The van der Waals surface area contributed by atoms with Gasteiger partial charge in [-0.2, -0.15) is 4.98 Å². The number of aromatic nitrogens is 3. The Hall–Kier alpha value is -2.73. The molecule has 0 saturated heterocycles. The van der Waals surface area contributed by atoms with Crippen LogP contribution in [0.3, 0.4) is 0 Å². The molecule has 0 aliphatic carbocycles. The number of hydrogen-bond acceptors (Lipinski definition) is 6. The molecular formula is C15H16N6. The molecule has 0 aliphatic heterocycles. The summed E-state index contributed by atoms with van der Waals surface area (Å²) in [5, 5.41) is 4.39. The van der Waals surface area contributed by atoms with Crippen molar-refractivity contribution in [1.29, 1.82) is 0 Å². The molecule has 106 valence electrons. The second-order valence-electron chi connectivity index (χ2n) is 4.82. The highest BCUT2D eigenvalue weighted by atomic mass is 15.3. The van der Waals surface area contributed by atoms with Gasteiger partial charge in [0.25, 0.3) is 0 Å². The summed E-state index contributed by atoms with van der Waals surface area (Å²) in [7, 11) is 0. The summed E-state index contributed by atoms with van der Waals surface area (Å²) in [6.07, 6.45) is 1.72. The summed E-state index contributed by atoms with van der Waals surface area (Å²) in [6, 6.07) is 10.1. The Balaban J connectivity index is 2.08. The summed E-state index contributed by atoms with van der Waals surface area (Å²) in [4.78, 5) is 13.0. The number of hydrazine groups is 1. The molecule has 21 heavy (non-hydrogen) atoms. The van der Waals surface area contributed by atoms with E-state index in [9.17, 15) is 0 Å². The van der Waals surface area contributed by atoms with Crippen molar-refractivity contribution in [3.8, 4) is 0 Å². The number of aryl methyl sites for hydroxylation is 2. The van der Waals surface area contributed by atoms with E-state index in [2.05, 4.69) is 31.8 Å². The summed E-state index contributed by atoms with van der Waals surface area (Å²) >= 11 is 0. The number of nitrogen functional groups attached to an aromatic ring is 1. The lowest BCUT2D eigenvalue weighted by Crippen LogP contribution is -2.11. The molecule has 4 N–H and O–H groups in total. The van der Waals surface area contributed by atoms with Crippen molar-refractivity contribution < 1.29 is 0 Å². The van der Waals surface area contributed by atoms with Gasteiger partial charge in [0, 0.05) is 22.8 Å². The second kappa shape index (κ2) is 5.34. The van der Waals surface area contributed by atoms with Crippen molar-refractivity contribution in [2.45, 2.75) is 13.8 Å². The Bertz CT molecular complexity index is 799. The standard InChI is InChI=1S/C15H16N6/c1-9-8-17-15(21-16)20-14(9)19-12-5-3-4-11-7-6-10(2)18-13(11)12/h3-8H,16H2,1-2H3,(H2,17,19,20,21). The van der Waals surface area contributed by atoms with E-state index in [-0.39, 0.29) is 0 Å². The van der Waals surface area contributed by atoms with Gasteiger partial charge in [0.05, 0.1) is 11.2 Å². The largest absolute Gasteiger partial charge is 0.338 e. The van der Waals surface area contributed by atoms with Crippen molar-refractivity contribution in [3.63, 3.8) is 0 Å². The lowest BCUT2D eigenvalue weighted by atomic mass is 10.1. The molecule has 0 fully saturated rings. The number of pyridine rings is 1. The minimum atomic E-state index is 0.368. The van der Waals surface area contributed by atoms with E-state index < -0.39 is 0 Å². The third kappa shape index (κ3) is 2.61. The summed E-state index contributed by atoms with van der Waals surface area (Å²) in [5.41, 5.74) is 6.17. The van der Waals surface area contributed by atoms with Crippen LogP contribution >= 0.6 is 0 Å². The molecular weight excluding hydrogens is 264 g/mol. The molecule has 0 unspecified atom stereocenters. The first kappa shape index (κ1) is 13.3. The molecule has 3 rings (SSSR count). The maximum absolute atomic E-state index is 5.36. The minimum absolute atomic E-state index is 0.368. The zero-order valence-electron chi connectivity index (χ0n) is 11.9. The minimum Gasteiger partial charge on any atom is -0.338 e. The molecule has 0 radical (unpaired) electrons. The van der Waals surface area contributed by atoms with Gasteiger partial charge in [-0.3, -0.25) is 10.4 Å². The number of nitrogens with zero attached hydrogens (tertiary/aromatic N) is 3. The lowest BCUT2D eigenvalue weighted by molar-refractivity contribution is 1.09. The fourth-order valence-electron chi connectivity index (χ4n) is 2.11. The number of nitrogens with two attached hydrogens (primary N) is 1. The van der Waals surface area contributed by atoms with E-state index in [4.69, 9.17) is 5.84 Å². The van der Waals surface area contributed by atoms with Crippen LogP contribution in [0.25, 0.3) is 10.9 Å². The summed E-state index contributed by atoms with van der Waals surface area (Å²) in [5.74, 6) is 6.43. The van der Waals surface area contributed by atoms with Crippen LogP contribution in [0.5, 0.6) is 0 Å². The van der Waals surface area contributed by atoms with Crippen LogP contribution in [0.15, 0.2) is 36.5 Å². The molecule has 3 aromatic rings. The second-order valence-corrected chi connectivity index (χ2v) is 4.82. The van der Waals surface area contributed by atoms with E-state index in [1.165, 1.54) is 0 Å². The van der Waals surface area contributed by atoms with Gasteiger partial charge < -0.3 is 5.32 Å².